The number of rotatable bonds is 2. The van der Waals surface area contributed by atoms with E-state index >= 15 is 0 Å². The van der Waals surface area contributed by atoms with Crippen LogP contribution < -0.4 is 5.73 Å². The van der Waals surface area contributed by atoms with Crippen molar-refractivity contribution in [3.63, 3.8) is 0 Å². The maximum Gasteiger partial charge on any atom is 0.0211 e. The van der Waals surface area contributed by atoms with Crippen LogP contribution in [0.5, 0.6) is 0 Å². The average molecular weight is 153 g/mol. The van der Waals surface area contributed by atoms with Crippen LogP contribution in [-0.4, -0.2) is 5.54 Å². The van der Waals surface area contributed by atoms with Crippen LogP contribution in [-0.2, 0) is 0 Å². The third-order valence-corrected chi connectivity index (χ3v) is 4.42. The standard InChI is InChI=1S/C10H19N/c1-3-9-7-8(9)5-6-10(9,11)4-2/h8H,3-7,11H2,1-2H3. The summed E-state index contributed by atoms with van der Waals surface area (Å²) in [4.78, 5) is 0. The Labute approximate surface area is 69.4 Å². The predicted octanol–water partition coefficient (Wildman–Crippen LogP) is 2.30. The van der Waals surface area contributed by atoms with Gasteiger partial charge in [0.15, 0.2) is 0 Å². The van der Waals surface area contributed by atoms with Crippen molar-refractivity contribution in [1.29, 1.82) is 0 Å². The molecule has 3 unspecified atom stereocenters. The first-order valence-electron chi connectivity index (χ1n) is 4.97. The zero-order valence-electron chi connectivity index (χ0n) is 7.69. The van der Waals surface area contributed by atoms with Gasteiger partial charge in [-0.05, 0) is 43.4 Å². The number of nitrogens with two attached hydrogens (primary N) is 1. The maximum absolute atomic E-state index is 6.39. The van der Waals surface area contributed by atoms with E-state index in [1.165, 1.54) is 32.1 Å². The van der Waals surface area contributed by atoms with E-state index in [1.54, 1.807) is 0 Å². The smallest absolute Gasteiger partial charge is 0.0211 e. The molecule has 2 rings (SSSR count). The molecule has 2 saturated carbocycles. The van der Waals surface area contributed by atoms with Crippen molar-refractivity contribution in [2.24, 2.45) is 17.1 Å². The highest BCUT2D eigenvalue weighted by Gasteiger charge is 2.66. The Morgan fingerprint density at radius 1 is 1.36 bits per heavy atom. The lowest BCUT2D eigenvalue weighted by Gasteiger charge is -2.33. The van der Waals surface area contributed by atoms with Crippen LogP contribution in [0, 0.1) is 11.3 Å². The van der Waals surface area contributed by atoms with E-state index in [9.17, 15) is 0 Å². The van der Waals surface area contributed by atoms with Gasteiger partial charge in [-0.3, -0.25) is 0 Å². The monoisotopic (exact) mass is 153 g/mol. The normalized spacial score (nSPS) is 54.3. The van der Waals surface area contributed by atoms with Gasteiger partial charge in [0.2, 0.25) is 0 Å². The second-order valence-electron chi connectivity index (χ2n) is 4.46. The Kier molecular flexibility index (Phi) is 1.39. The summed E-state index contributed by atoms with van der Waals surface area (Å²) in [5, 5.41) is 0. The topological polar surface area (TPSA) is 26.0 Å². The fourth-order valence-electron chi connectivity index (χ4n) is 3.36. The fraction of sp³-hybridized carbons (Fsp3) is 1.00. The molecule has 0 aromatic rings. The van der Waals surface area contributed by atoms with E-state index in [-0.39, 0.29) is 5.54 Å². The van der Waals surface area contributed by atoms with Crippen LogP contribution >= 0.6 is 0 Å². The van der Waals surface area contributed by atoms with E-state index < -0.39 is 0 Å². The summed E-state index contributed by atoms with van der Waals surface area (Å²) in [5.41, 5.74) is 7.19. The summed E-state index contributed by atoms with van der Waals surface area (Å²) in [6.07, 6.45) is 6.59. The van der Waals surface area contributed by atoms with Crippen LogP contribution in [0.25, 0.3) is 0 Å². The lowest BCUT2D eigenvalue weighted by molar-refractivity contribution is 0.246. The maximum atomic E-state index is 6.39. The van der Waals surface area contributed by atoms with Gasteiger partial charge < -0.3 is 5.73 Å². The van der Waals surface area contributed by atoms with Crippen molar-refractivity contribution in [2.75, 3.05) is 0 Å². The lowest BCUT2D eigenvalue weighted by Crippen LogP contribution is -2.45. The molecule has 0 aromatic heterocycles. The first kappa shape index (κ1) is 7.60. The van der Waals surface area contributed by atoms with Crippen LogP contribution in [0.2, 0.25) is 0 Å². The van der Waals surface area contributed by atoms with Crippen LogP contribution in [0.3, 0.4) is 0 Å². The summed E-state index contributed by atoms with van der Waals surface area (Å²) < 4.78 is 0. The highest BCUT2D eigenvalue weighted by Crippen LogP contribution is 2.69. The highest BCUT2D eigenvalue weighted by molar-refractivity contribution is 5.20. The summed E-state index contributed by atoms with van der Waals surface area (Å²) in [6, 6.07) is 0. The highest BCUT2D eigenvalue weighted by atomic mass is 14.9. The molecular weight excluding hydrogens is 134 g/mol. The summed E-state index contributed by atoms with van der Waals surface area (Å²) in [6.45, 7) is 4.56. The lowest BCUT2D eigenvalue weighted by atomic mass is 9.79. The molecule has 0 saturated heterocycles. The number of fused-ring (bicyclic) bond motifs is 1. The number of hydrogen-bond donors (Lipinski definition) is 1. The third-order valence-electron chi connectivity index (χ3n) is 4.42. The first-order chi connectivity index (χ1) is 5.18. The second-order valence-corrected chi connectivity index (χ2v) is 4.46. The molecule has 3 atom stereocenters. The molecule has 1 heteroatoms. The quantitative estimate of drug-likeness (QED) is 0.647. The largest absolute Gasteiger partial charge is 0.325 e. The molecule has 0 amide bonds. The van der Waals surface area contributed by atoms with Gasteiger partial charge in [-0.25, -0.2) is 0 Å². The Bertz CT molecular complexity index is 169. The molecule has 2 fully saturated rings. The molecule has 2 aliphatic rings. The van der Waals surface area contributed by atoms with Gasteiger partial charge >= 0.3 is 0 Å². The van der Waals surface area contributed by atoms with Crippen molar-refractivity contribution in [3.8, 4) is 0 Å². The minimum absolute atomic E-state index is 0.215. The van der Waals surface area contributed by atoms with Gasteiger partial charge in [0.1, 0.15) is 0 Å². The Hall–Kier alpha value is -0.0400. The van der Waals surface area contributed by atoms with Crippen LogP contribution in [0.15, 0.2) is 0 Å². The second kappa shape index (κ2) is 2.01. The molecule has 0 aliphatic heterocycles. The molecule has 0 spiro atoms. The molecule has 0 aromatic carbocycles. The van der Waals surface area contributed by atoms with Crippen molar-refractivity contribution in [3.05, 3.63) is 0 Å². The van der Waals surface area contributed by atoms with Gasteiger partial charge in [-0.2, -0.15) is 0 Å². The van der Waals surface area contributed by atoms with Crippen LogP contribution in [0.1, 0.15) is 46.0 Å². The zero-order valence-corrected chi connectivity index (χ0v) is 7.69. The minimum Gasteiger partial charge on any atom is -0.325 e. The molecule has 2 aliphatic carbocycles. The third kappa shape index (κ3) is 0.703. The average Bonchev–Trinajstić information content (AvgIpc) is 2.70. The SMILES string of the molecule is CCC1(N)CCC2CC21CC. The summed E-state index contributed by atoms with van der Waals surface area (Å²) in [7, 11) is 0. The van der Waals surface area contributed by atoms with Crippen molar-refractivity contribution >= 4 is 0 Å². The molecule has 64 valence electrons. The minimum atomic E-state index is 0.215. The first-order valence-corrected chi connectivity index (χ1v) is 4.97. The zero-order chi connectivity index (χ0) is 8.11. The Morgan fingerprint density at radius 2 is 2.09 bits per heavy atom. The fourth-order valence-corrected chi connectivity index (χ4v) is 3.36. The molecule has 11 heavy (non-hydrogen) atoms. The molecule has 0 bridgehead atoms. The Balaban J connectivity index is 2.22. The summed E-state index contributed by atoms with van der Waals surface area (Å²) >= 11 is 0. The number of hydrogen-bond acceptors (Lipinski definition) is 1. The van der Waals surface area contributed by atoms with Gasteiger partial charge in [0.25, 0.3) is 0 Å². The van der Waals surface area contributed by atoms with Gasteiger partial charge in [0, 0.05) is 5.54 Å². The Morgan fingerprint density at radius 3 is 2.45 bits per heavy atom. The van der Waals surface area contributed by atoms with E-state index in [0.29, 0.717) is 5.41 Å². The van der Waals surface area contributed by atoms with E-state index in [2.05, 4.69) is 13.8 Å². The molecular formula is C10H19N. The van der Waals surface area contributed by atoms with Gasteiger partial charge in [-0.1, -0.05) is 13.8 Å². The van der Waals surface area contributed by atoms with Crippen molar-refractivity contribution in [1.82, 2.24) is 0 Å². The molecule has 2 N–H and O–H groups in total. The molecule has 0 radical (unpaired) electrons. The van der Waals surface area contributed by atoms with E-state index in [4.69, 9.17) is 5.73 Å². The van der Waals surface area contributed by atoms with Gasteiger partial charge in [-0.15, -0.1) is 0 Å². The van der Waals surface area contributed by atoms with E-state index in [1.807, 2.05) is 0 Å². The molecule has 0 heterocycles. The van der Waals surface area contributed by atoms with Crippen molar-refractivity contribution < 1.29 is 0 Å². The van der Waals surface area contributed by atoms with E-state index in [0.717, 1.165) is 5.92 Å². The van der Waals surface area contributed by atoms with Crippen molar-refractivity contribution in [2.45, 2.75) is 51.5 Å². The summed E-state index contributed by atoms with van der Waals surface area (Å²) in [5.74, 6) is 0.998. The molecule has 1 nitrogen and oxygen atoms in total. The predicted molar refractivity (Wildman–Crippen MR) is 47.3 cm³/mol. The van der Waals surface area contributed by atoms with Gasteiger partial charge in [0.05, 0.1) is 0 Å². The van der Waals surface area contributed by atoms with Crippen LogP contribution in [0.4, 0.5) is 0 Å².